The maximum atomic E-state index is 13.3. The Bertz CT molecular complexity index is 741. The SMILES string of the molecule is Oc1ccccc1-c1nc2c(Br)cc(F)cc2s1. The number of phenols is 1. The van der Waals surface area contributed by atoms with E-state index in [0.717, 1.165) is 4.70 Å². The van der Waals surface area contributed by atoms with Gasteiger partial charge in [0.1, 0.15) is 16.6 Å². The van der Waals surface area contributed by atoms with Crippen LogP contribution in [-0.4, -0.2) is 10.1 Å². The van der Waals surface area contributed by atoms with Crippen LogP contribution in [0.4, 0.5) is 4.39 Å². The molecule has 0 saturated heterocycles. The number of thiazole rings is 1. The highest BCUT2D eigenvalue weighted by Crippen LogP contribution is 2.37. The van der Waals surface area contributed by atoms with Crippen LogP contribution in [0, 0.1) is 5.82 Å². The number of fused-ring (bicyclic) bond motifs is 1. The standard InChI is InChI=1S/C13H7BrFNOS/c14-9-5-7(15)6-11-12(9)16-13(18-11)8-3-1-2-4-10(8)17/h1-6,17H. The number of aromatic hydroxyl groups is 1. The lowest BCUT2D eigenvalue weighted by molar-refractivity contribution is 0.477. The molecule has 1 heterocycles. The Hall–Kier alpha value is -1.46. The summed E-state index contributed by atoms with van der Waals surface area (Å²) in [6.07, 6.45) is 0. The third-order valence-corrected chi connectivity index (χ3v) is 4.19. The van der Waals surface area contributed by atoms with E-state index in [9.17, 15) is 9.50 Å². The van der Waals surface area contributed by atoms with E-state index in [1.54, 1.807) is 18.2 Å². The monoisotopic (exact) mass is 323 g/mol. The van der Waals surface area contributed by atoms with Crippen molar-refractivity contribution in [2.24, 2.45) is 0 Å². The molecule has 90 valence electrons. The molecule has 1 N–H and O–H groups in total. The third kappa shape index (κ3) is 1.89. The number of rotatable bonds is 1. The minimum atomic E-state index is -0.304. The Morgan fingerprint density at radius 3 is 2.78 bits per heavy atom. The van der Waals surface area contributed by atoms with Gasteiger partial charge in [-0.25, -0.2) is 9.37 Å². The zero-order valence-electron chi connectivity index (χ0n) is 9.02. The summed E-state index contributed by atoms with van der Waals surface area (Å²) in [5, 5.41) is 10.5. The van der Waals surface area contributed by atoms with E-state index < -0.39 is 0 Å². The zero-order valence-corrected chi connectivity index (χ0v) is 11.4. The lowest BCUT2D eigenvalue weighted by Crippen LogP contribution is -1.78. The van der Waals surface area contributed by atoms with E-state index in [4.69, 9.17) is 0 Å². The van der Waals surface area contributed by atoms with Crippen LogP contribution in [-0.2, 0) is 0 Å². The summed E-state index contributed by atoms with van der Waals surface area (Å²) in [5.74, 6) is -0.130. The molecule has 0 aliphatic carbocycles. The molecule has 0 amide bonds. The second kappa shape index (κ2) is 4.33. The van der Waals surface area contributed by atoms with Gasteiger partial charge in [0, 0.05) is 4.47 Å². The Morgan fingerprint density at radius 2 is 2.00 bits per heavy atom. The fourth-order valence-electron chi connectivity index (χ4n) is 1.73. The highest BCUT2D eigenvalue weighted by Gasteiger charge is 2.12. The second-order valence-corrected chi connectivity index (χ2v) is 5.66. The van der Waals surface area contributed by atoms with Crippen molar-refractivity contribution < 1.29 is 9.50 Å². The topological polar surface area (TPSA) is 33.1 Å². The van der Waals surface area contributed by atoms with E-state index in [2.05, 4.69) is 20.9 Å². The van der Waals surface area contributed by atoms with Crippen LogP contribution in [0.2, 0.25) is 0 Å². The Balaban J connectivity index is 2.26. The van der Waals surface area contributed by atoms with Crippen molar-refractivity contribution in [1.29, 1.82) is 0 Å². The number of hydrogen-bond donors (Lipinski definition) is 1. The molecule has 3 rings (SSSR count). The van der Waals surface area contributed by atoms with Gasteiger partial charge in [-0.15, -0.1) is 11.3 Å². The molecule has 5 heteroatoms. The number of hydrogen-bond acceptors (Lipinski definition) is 3. The summed E-state index contributed by atoms with van der Waals surface area (Å²) in [6.45, 7) is 0. The van der Waals surface area contributed by atoms with E-state index in [-0.39, 0.29) is 11.6 Å². The van der Waals surface area contributed by atoms with Crippen molar-refractivity contribution in [3.05, 3.63) is 46.7 Å². The van der Waals surface area contributed by atoms with Crippen LogP contribution in [0.1, 0.15) is 0 Å². The van der Waals surface area contributed by atoms with Crippen molar-refractivity contribution in [3.8, 4) is 16.3 Å². The molecule has 0 radical (unpaired) electrons. The molecule has 0 unspecified atom stereocenters. The van der Waals surface area contributed by atoms with Crippen molar-refractivity contribution >= 4 is 37.5 Å². The van der Waals surface area contributed by atoms with Crippen molar-refractivity contribution in [3.63, 3.8) is 0 Å². The smallest absolute Gasteiger partial charge is 0.128 e. The first kappa shape index (κ1) is 11.6. The maximum absolute atomic E-state index is 13.3. The van der Waals surface area contributed by atoms with Crippen molar-refractivity contribution in [2.75, 3.05) is 0 Å². The van der Waals surface area contributed by atoms with E-state index in [1.807, 2.05) is 6.07 Å². The van der Waals surface area contributed by atoms with Crippen LogP contribution in [0.5, 0.6) is 5.75 Å². The number of phenolic OH excluding ortho intramolecular Hbond substituents is 1. The van der Waals surface area contributed by atoms with Gasteiger partial charge < -0.3 is 5.11 Å². The van der Waals surface area contributed by atoms with E-state index in [1.165, 1.54) is 23.5 Å². The number of para-hydroxylation sites is 1. The van der Waals surface area contributed by atoms with E-state index >= 15 is 0 Å². The van der Waals surface area contributed by atoms with Crippen LogP contribution < -0.4 is 0 Å². The third-order valence-electron chi connectivity index (χ3n) is 2.55. The van der Waals surface area contributed by atoms with Gasteiger partial charge in [-0.3, -0.25) is 0 Å². The molecule has 18 heavy (non-hydrogen) atoms. The predicted molar refractivity (Wildman–Crippen MR) is 74.4 cm³/mol. The summed E-state index contributed by atoms with van der Waals surface area (Å²) in [4.78, 5) is 4.43. The average Bonchev–Trinajstić information content (AvgIpc) is 2.73. The van der Waals surface area contributed by atoms with Gasteiger partial charge in [-0.1, -0.05) is 12.1 Å². The highest BCUT2D eigenvalue weighted by atomic mass is 79.9. The molecule has 0 bridgehead atoms. The molecule has 0 spiro atoms. The zero-order chi connectivity index (χ0) is 12.7. The van der Waals surface area contributed by atoms with Gasteiger partial charge in [0.2, 0.25) is 0 Å². The van der Waals surface area contributed by atoms with Crippen LogP contribution >= 0.6 is 27.3 Å². The summed E-state index contributed by atoms with van der Waals surface area (Å²) in [5.41, 5.74) is 1.37. The molecule has 0 fully saturated rings. The largest absolute Gasteiger partial charge is 0.507 e. The van der Waals surface area contributed by atoms with Crippen molar-refractivity contribution in [1.82, 2.24) is 4.98 Å². The molecule has 2 nitrogen and oxygen atoms in total. The number of nitrogens with zero attached hydrogens (tertiary/aromatic N) is 1. The molecule has 2 aromatic carbocycles. The van der Waals surface area contributed by atoms with Gasteiger partial charge in [-0.05, 0) is 40.2 Å². The fourth-order valence-corrected chi connectivity index (χ4v) is 3.43. The van der Waals surface area contributed by atoms with Gasteiger partial charge >= 0.3 is 0 Å². The average molecular weight is 324 g/mol. The summed E-state index contributed by atoms with van der Waals surface area (Å²) < 4.78 is 14.7. The molecular formula is C13H7BrFNOS. The van der Waals surface area contributed by atoms with Crippen LogP contribution in [0.25, 0.3) is 20.8 Å². The normalized spacial score (nSPS) is 11.0. The van der Waals surface area contributed by atoms with Gasteiger partial charge in [-0.2, -0.15) is 0 Å². The number of aromatic nitrogens is 1. The number of benzene rings is 2. The lowest BCUT2D eigenvalue weighted by Gasteiger charge is -1.98. The molecule has 1 aromatic heterocycles. The summed E-state index contributed by atoms with van der Waals surface area (Å²) >= 11 is 4.65. The molecule has 3 aromatic rings. The molecule has 0 aliphatic heterocycles. The van der Waals surface area contributed by atoms with Crippen LogP contribution in [0.3, 0.4) is 0 Å². The first-order valence-corrected chi connectivity index (χ1v) is 6.80. The Kier molecular flexibility index (Phi) is 2.80. The van der Waals surface area contributed by atoms with Crippen LogP contribution in [0.15, 0.2) is 40.9 Å². The molecular weight excluding hydrogens is 317 g/mol. The molecule has 0 saturated carbocycles. The molecule has 0 atom stereocenters. The maximum Gasteiger partial charge on any atom is 0.128 e. The minimum absolute atomic E-state index is 0.174. The Labute approximate surface area is 115 Å². The lowest BCUT2D eigenvalue weighted by atomic mass is 10.2. The van der Waals surface area contributed by atoms with Gasteiger partial charge in [0.15, 0.2) is 0 Å². The molecule has 0 aliphatic rings. The van der Waals surface area contributed by atoms with E-state index in [0.29, 0.717) is 20.6 Å². The first-order chi connectivity index (χ1) is 8.65. The highest BCUT2D eigenvalue weighted by molar-refractivity contribution is 9.10. The quantitative estimate of drug-likeness (QED) is 0.711. The summed E-state index contributed by atoms with van der Waals surface area (Å²) in [6, 6.07) is 9.81. The minimum Gasteiger partial charge on any atom is -0.507 e. The Morgan fingerprint density at radius 1 is 1.22 bits per heavy atom. The van der Waals surface area contributed by atoms with Crippen molar-refractivity contribution in [2.45, 2.75) is 0 Å². The fraction of sp³-hybridized carbons (Fsp3) is 0. The number of halogens is 2. The predicted octanol–water partition coefficient (Wildman–Crippen LogP) is 4.57. The second-order valence-electron chi connectivity index (χ2n) is 3.77. The summed E-state index contributed by atoms with van der Waals surface area (Å²) in [7, 11) is 0. The van der Waals surface area contributed by atoms with Gasteiger partial charge in [0.25, 0.3) is 0 Å². The van der Waals surface area contributed by atoms with Gasteiger partial charge in [0.05, 0.1) is 15.8 Å². The first-order valence-electron chi connectivity index (χ1n) is 5.19.